The lowest BCUT2D eigenvalue weighted by Gasteiger charge is -2.26. The molecule has 0 fully saturated rings. The van der Waals surface area contributed by atoms with Gasteiger partial charge in [0.1, 0.15) is 18.4 Å². The molecule has 0 bridgehead atoms. The Labute approximate surface area is 118 Å². The third-order valence-electron chi connectivity index (χ3n) is 3.02. The van der Waals surface area contributed by atoms with Crippen LogP contribution in [0.3, 0.4) is 0 Å². The van der Waals surface area contributed by atoms with Gasteiger partial charge in [0.05, 0.1) is 5.69 Å². The number of phenolic OH excluding ortho intramolecular Hbond substituents is 1. The zero-order valence-corrected chi connectivity index (χ0v) is 12.3. The predicted molar refractivity (Wildman–Crippen MR) is 76.9 cm³/mol. The molecule has 0 saturated carbocycles. The van der Waals surface area contributed by atoms with E-state index in [-0.39, 0.29) is 24.3 Å². The summed E-state index contributed by atoms with van der Waals surface area (Å²) in [5.41, 5.74) is 2.46. The van der Waals surface area contributed by atoms with E-state index < -0.39 is 0 Å². The number of ether oxygens (including phenoxy) is 1. The van der Waals surface area contributed by atoms with Crippen molar-refractivity contribution in [3.8, 4) is 5.75 Å². The van der Waals surface area contributed by atoms with Crippen molar-refractivity contribution in [2.45, 2.75) is 26.7 Å². The van der Waals surface area contributed by atoms with E-state index in [0.717, 1.165) is 23.2 Å². The van der Waals surface area contributed by atoms with Crippen molar-refractivity contribution in [1.82, 2.24) is 0 Å². The van der Waals surface area contributed by atoms with Crippen molar-refractivity contribution in [2.75, 3.05) is 24.6 Å². The molecule has 19 heavy (non-hydrogen) atoms. The van der Waals surface area contributed by atoms with Crippen molar-refractivity contribution in [1.29, 1.82) is 0 Å². The van der Waals surface area contributed by atoms with E-state index in [2.05, 4.69) is 0 Å². The minimum absolute atomic E-state index is 0.120. The largest absolute Gasteiger partial charge is 0.508 e. The third-order valence-corrected chi connectivity index (χ3v) is 3.25. The Kier molecular flexibility index (Phi) is 6.12. The smallest absolute Gasteiger partial charge is 0.243 e. The molecule has 1 N–H and O–H groups in total. The SMILES string of the molecule is CCc1ccc(O)c(CC)c1N(COC)C(=O)CCl. The zero-order valence-electron chi connectivity index (χ0n) is 11.6. The van der Waals surface area contributed by atoms with Crippen LogP contribution in [0.15, 0.2) is 12.1 Å². The van der Waals surface area contributed by atoms with Crippen molar-refractivity contribution in [3.63, 3.8) is 0 Å². The van der Waals surface area contributed by atoms with Gasteiger partial charge in [-0.2, -0.15) is 0 Å². The summed E-state index contributed by atoms with van der Waals surface area (Å²) >= 11 is 5.65. The second-order valence-corrected chi connectivity index (χ2v) is 4.42. The van der Waals surface area contributed by atoms with E-state index in [4.69, 9.17) is 16.3 Å². The molecule has 0 aliphatic carbocycles. The van der Waals surface area contributed by atoms with Crippen LogP contribution >= 0.6 is 11.6 Å². The second-order valence-electron chi connectivity index (χ2n) is 4.15. The summed E-state index contributed by atoms with van der Waals surface area (Å²) < 4.78 is 5.09. The summed E-state index contributed by atoms with van der Waals surface area (Å²) in [4.78, 5) is 13.5. The number of amides is 1. The van der Waals surface area contributed by atoms with Crippen molar-refractivity contribution in [2.24, 2.45) is 0 Å². The second kappa shape index (κ2) is 7.36. The molecule has 1 amide bonds. The summed E-state index contributed by atoms with van der Waals surface area (Å²) in [6.07, 6.45) is 1.39. The fourth-order valence-electron chi connectivity index (χ4n) is 2.11. The molecular weight excluding hydrogens is 266 g/mol. The number of carbonyl (C=O) groups excluding carboxylic acids is 1. The van der Waals surface area contributed by atoms with Crippen LogP contribution < -0.4 is 4.90 Å². The predicted octanol–water partition coefficient (Wildman–Crippen LogP) is 2.69. The van der Waals surface area contributed by atoms with Crippen LogP contribution in [0.1, 0.15) is 25.0 Å². The van der Waals surface area contributed by atoms with Gasteiger partial charge in [-0.3, -0.25) is 9.69 Å². The number of anilines is 1. The highest BCUT2D eigenvalue weighted by atomic mass is 35.5. The van der Waals surface area contributed by atoms with Gasteiger partial charge < -0.3 is 9.84 Å². The molecule has 0 aliphatic heterocycles. The first-order chi connectivity index (χ1) is 9.10. The van der Waals surface area contributed by atoms with Gasteiger partial charge in [0.15, 0.2) is 0 Å². The fraction of sp³-hybridized carbons (Fsp3) is 0.500. The molecule has 0 aliphatic rings. The highest BCUT2D eigenvalue weighted by Crippen LogP contribution is 2.33. The van der Waals surface area contributed by atoms with E-state index >= 15 is 0 Å². The molecule has 0 aromatic heterocycles. The first-order valence-corrected chi connectivity index (χ1v) is 6.83. The van der Waals surface area contributed by atoms with Gasteiger partial charge in [-0.05, 0) is 24.5 Å². The lowest BCUT2D eigenvalue weighted by atomic mass is 10.0. The van der Waals surface area contributed by atoms with E-state index in [1.54, 1.807) is 6.07 Å². The van der Waals surface area contributed by atoms with Gasteiger partial charge in [-0.25, -0.2) is 0 Å². The zero-order chi connectivity index (χ0) is 14.4. The first kappa shape index (κ1) is 15.8. The number of nitrogens with zero attached hydrogens (tertiary/aromatic N) is 1. The van der Waals surface area contributed by atoms with Gasteiger partial charge in [0, 0.05) is 12.7 Å². The Morgan fingerprint density at radius 2 is 2.05 bits per heavy atom. The molecule has 5 heteroatoms. The molecule has 1 aromatic rings. The van der Waals surface area contributed by atoms with Gasteiger partial charge in [-0.15, -0.1) is 11.6 Å². The summed E-state index contributed by atoms with van der Waals surface area (Å²) in [5.74, 6) is -0.164. The molecule has 0 atom stereocenters. The number of aromatic hydroxyl groups is 1. The number of benzene rings is 1. The quantitative estimate of drug-likeness (QED) is 0.646. The van der Waals surface area contributed by atoms with E-state index in [9.17, 15) is 9.90 Å². The van der Waals surface area contributed by atoms with Crippen molar-refractivity contribution >= 4 is 23.2 Å². The number of carbonyl (C=O) groups is 1. The third kappa shape index (κ3) is 3.39. The van der Waals surface area contributed by atoms with Crippen LogP contribution in [-0.2, 0) is 22.4 Å². The van der Waals surface area contributed by atoms with Crippen LogP contribution in [-0.4, -0.2) is 30.7 Å². The number of alkyl halides is 1. The molecule has 0 heterocycles. The number of rotatable bonds is 6. The lowest BCUT2D eigenvalue weighted by Crippen LogP contribution is -2.35. The molecule has 0 saturated heterocycles. The van der Waals surface area contributed by atoms with E-state index in [1.165, 1.54) is 12.0 Å². The Morgan fingerprint density at radius 3 is 2.53 bits per heavy atom. The van der Waals surface area contributed by atoms with Gasteiger partial charge in [0.2, 0.25) is 5.91 Å². The van der Waals surface area contributed by atoms with Crippen LogP contribution in [0.4, 0.5) is 5.69 Å². The lowest BCUT2D eigenvalue weighted by molar-refractivity contribution is -0.117. The standard InChI is InChI=1S/C14H20ClNO3/c1-4-10-6-7-12(17)11(5-2)14(10)16(9-19-3)13(18)8-15/h6-7,17H,4-5,8-9H2,1-3H3. The number of hydrogen-bond acceptors (Lipinski definition) is 3. The molecule has 106 valence electrons. The Morgan fingerprint density at radius 1 is 1.37 bits per heavy atom. The molecule has 1 rings (SSSR count). The Hall–Kier alpha value is -1.26. The minimum Gasteiger partial charge on any atom is -0.508 e. The fourth-order valence-corrected chi connectivity index (χ4v) is 2.25. The first-order valence-electron chi connectivity index (χ1n) is 6.29. The molecular formula is C14H20ClNO3. The van der Waals surface area contributed by atoms with Crippen LogP contribution in [0.25, 0.3) is 0 Å². The van der Waals surface area contributed by atoms with Crippen molar-refractivity contribution < 1.29 is 14.6 Å². The maximum absolute atomic E-state index is 12.0. The van der Waals surface area contributed by atoms with Crippen LogP contribution in [0.5, 0.6) is 5.75 Å². The number of hydrogen-bond donors (Lipinski definition) is 1. The number of aryl methyl sites for hydroxylation is 1. The van der Waals surface area contributed by atoms with E-state index in [0.29, 0.717) is 6.42 Å². The number of halogens is 1. The van der Waals surface area contributed by atoms with Crippen molar-refractivity contribution in [3.05, 3.63) is 23.3 Å². The highest BCUT2D eigenvalue weighted by Gasteiger charge is 2.22. The molecule has 4 nitrogen and oxygen atoms in total. The van der Waals surface area contributed by atoms with Crippen LogP contribution in [0, 0.1) is 0 Å². The maximum atomic E-state index is 12.0. The molecule has 0 spiro atoms. The Bertz CT molecular complexity index is 449. The summed E-state index contributed by atoms with van der Waals surface area (Å²) in [7, 11) is 1.52. The van der Waals surface area contributed by atoms with Gasteiger partial charge in [0.25, 0.3) is 0 Å². The average Bonchev–Trinajstić information content (AvgIpc) is 2.43. The normalized spacial score (nSPS) is 10.5. The summed E-state index contributed by atoms with van der Waals surface area (Å²) in [6, 6.07) is 3.49. The molecule has 1 aromatic carbocycles. The number of phenols is 1. The summed E-state index contributed by atoms with van der Waals surface area (Å²) in [5, 5.41) is 9.97. The van der Waals surface area contributed by atoms with E-state index in [1.807, 2.05) is 19.9 Å². The topological polar surface area (TPSA) is 49.8 Å². The Balaban J connectivity index is 3.41. The highest BCUT2D eigenvalue weighted by molar-refractivity contribution is 6.29. The minimum atomic E-state index is -0.237. The molecule has 0 unspecified atom stereocenters. The monoisotopic (exact) mass is 285 g/mol. The number of methoxy groups -OCH3 is 1. The summed E-state index contributed by atoms with van der Waals surface area (Å²) in [6.45, 7) is 4.06. The van der Waals surface area contributed by atoms with Gasteiger partial charge >= 0.3 is 0 Å². The molecule has 0 radical (unpaired) electrons. The van der Waals surface area contributed by atoms with Gasteiger partial charge in [-0.1, -0.05) is 19.9 Å². The maximum Gasteiger partial charge on any atom is 0.243 e. The van der Waals surface area contributed by atoms with Crippen LogP contribution in [0.2, 0.25) is 0 Å². The average molecular weight is 286 g/mol.